The van der Waals surface area contributed by atoms with Crippen molar-refractivity contribution >= 4 is 11.8 Å². The summed E-state index contributed by atoms with van der Waals surface area (Å²) >= 11 is 0. The molecule has 2 heterocycles. The molecule has 2 aliphatic heterocycles. The van der Waals surface area contributed by atoms with E-state index < -0.39 is 0 Å². The molecule has 0 spiro atoms. The second-order valence-corrected chi connectivity index (χ2v) is 6.68. The second-order valence-electron chi connectivity index (χ2n) is 6.68. The van der Waals surface area contributed by atoms with Crippen molar-refractivity contribution in [1.82, 2.24) is 10.2 Å². The van der Waals surface area contributed by atoms with E-state index in [1.807, 2.05) is 0 Å². The Morgan fingerprint density at radius 3 is 2.62 bits per heavy atom. The van der Waals surface area contributed by atoms with Crippen LogP contribution in [-0.2, 0) is 14.3 Å². The molecular weight excluding hydrogens is 268 g/mol. The zero-order valence-corrected chi connectivity index (χ0v) is 12.8. The minimum absolute atomic E-state index is 0.00142. The maximum absolute atomic E-state index is 12.5. The summed E-state index contributed by atoms with van der Waals surface area (Å²) < 4.78 is 5.54. The Labute approximate surface area is 126 Å². The number of imide groups is 1. The molecule has 0 aromatic rings. The molecule has 5 heteroatoms. The summed E-state index contributed by atoms with van der Waals surface area (Å²) in [5, 5.41) is 3.31. The fourth-order valence-corrected chi connectivity index (χ4v) is 3.87. The molecule has 3 rings (SSSR count). The number of carbonyl (C=O) groups excluding carboxylic acids is 2. The highest BCUT2D eigenvalue weighted by Crippen LogP contribution is 2.27. The number of rotatable bonds is 4. The van der Waals surface area contributed by atoms with Gasteiger partial charge in [-0.3, -0.25) is 14.5 Å². The average Bonchev–Trinajstić information content (AvgIpc) is 3.01. The summed E-state index contributed by atoms with van der Waals surface area (Å²) in [4.78, 5) is 26.3. The topological polar surface area (TPSA) is 58.6 Å². The van der Waals surface area contributed by atoms with Crippen molar-refractivity contribution in [2.45, 2.75) is 70.1 Å². The first-order valence-corrected chi connectivity index (χ1v) is 8.37. The van der Waals surface area contributed by atoms with Crippen LogP contribution in [0.4, 0.5) is 0 Å². The summed E-state index contributed by atoms with van der Waals surface area (Å²) in [5.74, 6) is 0.468. The summed E-state index contributed by atoms with van der Waals surface area (Å²) in [7, 11) is 0. The predicted molar refractivity (Wildman–Crippen MR) is 78.7 cm³/mol. The van der Waals surface area contributed by atoms with Crippen LogP contribution in [0.25, 0.3) is 0 Å². The van der Waals surface area contributed by atoms with Gasteiger partial charge < -0.3 is 10.1 Å². The van der Waals surface area contributed by atoms with Crippen LogP contribution in [-0.4, -0.2) is 48.1 Å². The van der Waals surface area contributed by atoms with E-state index in [4.69, 9.17) is 4.74 Å². The van der Waals surface area contributed by atoms with Crippen molar-refractivity contribution in [3.05, 3.63) is 0 Å². The van der Waals surface area contributed by atoms with Gasteiger partial charge in [-0.25, -0.2) is 0 Å². The summed E-state index contributed by atoms with van der Waals surface area (Å²) in [5.41, 5.74) is 0. The van der Waals surface area contributed by atoms with Gasteiger partial charge in [-0.2, -0.15) is 0 Å². The molecule has 1 N–H and O–H groups in total. The highest BCUT2D eigenvalue weighted by atomic mass is 16.5. The van der Waals surface area contributed by atoms with Gasteiger partial charge in [0.2, 0.25) is 11.8 Å². The third kappa shape index (κ3) is 3.14. The van der Waals surface area contributed by atoms with Crippen molar-refractivity contribution in [3.8, 4) is 0 Å². The summed E-state index contributed by atoms with van der Waals surface area (Å²) in [6.45, 7) is 3.65. The van der Waals surface area contributed by atoms with E-state index in [0.29, 0.717) is 12.3 Å². The van der Waals surface area contributed by atoms with Crippen LogP contribution < -0.4 is 5.32 Å². The summed E-state index contributed by atoms with van der Waals surface area (Å²) in [6, 6.07) is -0.161. The molecule has 3 unspecified atom stereocenters. The Balaban J connectivity index is 1.55. The predicted octanol–water partition coefficient (Wildman–Crippen LogP) is 1.46. The smallest absolute Gasteiger partial charge is 0.247 e. The zero-order chi connectivity index (χ0) is 14.8. The third-order valence-electron chi connectivity index (χ3n) is 5.28. The number of amides is 2. The number of hydrogen-bond donors (Lipinski definition) is 1. The Kier molecular flexibility index (Phi) is 4.60. The number of nitrogens with zero attached hydrogens (tertiary/aromatic N) is 1. The molecule has 3 atom stereocenters. The maximum Gasteiger partial charge on any atom is 0.247 e. The average molecular weight is 294 g/mol. The van der Waals surface area contributed by atoms with Gasteiger partial charge in [0.05, 0.1) is 18.6 Å². The lowest BCUT2D eigenvalue weighted by molar-refractivity contribution is -0.142. The lowest BCUT2D eigenvalue weighted by Crippen LogP contribution is -2.45. The van der Waals surface area contributed by atoms with E-state index in [9.17, 15) is 9.59 Å². The van der Waals surface area contributed by atoms with Crippen LogP contribution in [0.1, 0.15) is 51.9 Å². The normalized spacial score (nSPS) is 34.9. The molecule has 1 saturated carbocycles. The van der Waals surface area contributed by atoms with Gasteiger partial charge in [0.1, 0.15) is 0 Å². The van der Waals surface area contributed by atoms with Crippen LogP contribution in [0.15, 0.2) is 0 Å². The number of ether oxygens (including phenoxy) is 1. The molecule has 1 aliphatic carbocycles. The van der Waals surface area contributed by atoms with E-state index in [1.54, 1.807) is 4.90 Å². The molecule has 5 nitrogen and oxygen atoms in total. The highest BCUT2D eigenvalue weighted by molar-refractivity contribution is 6.05. The van der Waals surface area contributed by atoms with Crippen molar-refractivity contribution < 1.29 is 14.3 Å². The van der Waals surface area contributed by atoms with Gasteiger partial charge in [0.15, 0.2) is 0 Å². The fraction of sp³-hybridized carbons (Fsp3) is 0.875. The quantitative estimate of drug-likeness (QED) is 0.798. The molecule has 3 aliphatic rings. The second kappa shape index (κ2) is 6.44. The molecule has 0 bridgehead atoms. The Morgan fingerprint density at radius 1 is 1.19 bits per heavy atom. The van der Waals surface area contributed by atoms with Gasteiger partial charge in [0, 0.05) is 19.2 Å². The lowest BCUT2D eigenvalue weighted by atomic mass is 9.94. The number of likely N-dealkylation sites (tertiary alicyclic amines) is 1. The van der Waals surface area contributed by atoms with Crippen LogP contribution >= 0.6 is 0 Å². The molecule has 118 valence electrons. The lowest BCUT2D eigenvalue weighted by Gasteiger charge is -2.29. The van der Waals surface area contributed by atoms with Gasteiger partial charge in [-0.15, -0.1) is 0 Å². The number of carbonyl (C=O) groups is 2. The minimum Gasteiger partial charge on any atom is -0.378 e. The molecule has 0 aromatic carbocycles. The Morgan fingerprint density at radius 2 is 1.95 bits per heavy atom. The Bertz CT molecular complexity index is 406. The van der Waals surface area contributed by atoms with Crippen molar-refractivity contribution in [3.63, 3.8) is 0 Å². The van der Waals surface area contributed by atoms with Crippen molar-refractivity contribution in [2.75, 3.05) is 13.2 Å². The van der Waals surface area contributed by atoms with E-state index in [-0.39, 0.29) is 30.0 Å². The Hall–Kier alpha value is -0.940. The van der Waals surface area contributed by atoms with Crippen LogP contribution in [0.5, 0.6) is 0 Å². The first-order valence-electron chi connectivity index (χ1n) is 8.37. The highest BCUT2D eigenvalue weighted by Gasteiger charge is 2.42. The molecule has 2 saturated heterocycles. The standard InChI is InChI=1S/C16H26N2O3/c1-11-12(7-8-21-11)10-17-14-9-15(19)18(16(14)20)13-5-3-2-4-6-13/h11-14,17H,2-10H2,1H3. The first kappa shape index (κ1) is 15.0. The minimum atomic E-state index is -0.313. The third-order valence-corrected chi connectivity index (χ3v) is 5.28. The van der Waals surface area contributed by atoms with Crippen molar-refractivity contribution in [1.29, 1.82) is 0 Å². The van der Waals surface area contributed by atoms with Gasteiger partial charge in [0.25, 0.3) is 0 Å². The zero-order valence-electron chi connectivity index (χ0n) is 12.8. The fourth-order valence-electron chi connectivity index (χ4n) is 3.87. The van der Waals surface area contributed by atoms with Gasteiger partial charge in [-0.1, -0.05) is 19.3 Å². The van der Waals surface area contributed by atoms with Crippen LogP contribution in [0.2, 0.25) is 0 Å². The van der Waals surface area contributed by atoms with E-state index in [0.717, 1.165) is 45.3 Å². The first-order chi connectivity index (χ1) is 10.2. The van der Waals surface area contributed by atoms with E-state index >= 15 is 0 Å². The largest absolute Gasteiger partial charge is 0.378 e. The molecule has 0 radical (unpaired) electrons. The molecule has 0 aromatic heterocycles. The van der Waals surface area contributed by atoms with E-state index in [1.165, 1.54) is 6.42 Å². The maximum atomic E-state index is 12.5. The summed E-state index contributed by atoms with van der Waals surface area (Å²) in [6.07, 6.45) is 7.09. The van der Waals surface area contributed by atoms with Crippen LogP contribution in [0.3, 0.4) is 0 Å². The number of hydrogen-bond acceptors (Lipinski definition) is 4. The SMILES string of the molecule is CC1OCCC1CNC1CC(=O)N(C2CCCCC2)C1=O. The molecule has 21 heavy (non-hydrogen) atoms. The van der Waals surface area contributed by atoms with Crippen molar-refractivity contribution in [2.24, 2.45) is 5.92 Å². The van der Waals surface area contributed by atoms with Gasteiger partial charge in [-0.05, 0) is 32.1 Å². The number of nitrogens with one attached hydrogen (secondary N) is 1. The molecule has 2 amide bonds. The molecular formula is C16H26N2O3. The van der Waals surface area contributed by atoms with Crippen LogP contribution in [0, 0.1) is 5.92 Å². The van der Waals surface area contributed by atoms with Gasteiger partial charge >= 0.3 is 0 Å². The molecule has 3 fully saturated rings. The monoisotopic (exact) mass is 294 g/mol. The van der Waals surface area contributed by atoms with E-state index in [2.05, 4.69) is 12.2 Å².